The highest BCUT2D eigenvalue weighted by Gasteiger charge is 2.43. The van der Waals surface area contributed by atoms with E-state index in [1.165, 1.54) is 22.5 Å². The van der Waals surface area contributed by atoms with E-state index < -0.39 is 6.10 Å². The fourth-order valence-electron chi connectivity index (χ4n) is 4.11. The zero-order valence-electron chi connectivity index (χ0n) is 15.9. The van der Waals surface area contributed by atoms with Crippen molar-refractivity contribution in [3.8, 4) is 22.4 Å². The molecule has 2 fully saturated rings. The van der Waals surface area contributed by atoms with Crippen molar-refractivity contribution >= 4 is 22.4 Å². The van der Waals surface area contributed by atoms with Gasteiger partial charge in [0.15, 0.2) is 5.13 Å². The molecule has 0 bridgehead atoms. The van der Waals surface area contributed by atoms with E-state index in [1.807, 2.05) is 23.6 Å². The molecule has 3 unspecified atom stereocenters. The Morgan fingerprint density at radius 3 is 2.59 bits per heavy atom. The number of carbonyl (C=O) groups excluding carboxylic acids is 1. The van der Waals surface area contributed by atoms with E-state index in [0.29, 0.717) is 30.9 Å². The lowest BCUT2D eigenvalue weighted by atomic mass is 9.87. The van der Waals surface area contributed by atoms with Gasteiger partial charge in [-0.3, -0.25) is 10.1 Å². The van der Waals surface area contributed by atoms with Crippen LogP contribution in [0, 0.1) is 11.8 Å². The van der Waals surface area contributed by atoms with Crippen molar-refractivity contribution in [3.63, 3.8) is 0 Å². The van der Waals surface area contributed by atoms with E-state index in [9.17, 15) is 4.79 Å². The van der Waals surface area contributed by atoms with Crippen LogP contribution in [0.1, 0.15) is 6.42 Å². The monoisotopic (exact) mass is 406 g/mol. The van der Waals surface area contributed by atoms with Crippen molar-refractivity contribution in [2.45, 2.75) is 12.5 Å². The number of amides is 1. The lowest BCUT2D eigenvalue weighted by molar-refractivity contribution is -0.126. The SMILES string of the molecule is O=C(Nc1nc(-c2ccc(-c3ccccc3)cc2)cs1)C1OCC2COCCC21. The van der Waals surface area contributed by atoms with Gasteiger partial charge < -0.3 is 9.47 Å². The second-order valence-electron chi connectivity index (χ2n) is 7.51. The number of carbonyl (C=O) groups is 1. The van der Waals surface area contributed by atoms with Crippen molar-refractivity contribution in [1.29, 1.82) is 0 Å². The van der Waals surface area contributed by atoms with Crippen LogP contribution >= 0.6 is 11.3 Å². The first-order chi connectivity index (χ1) is 14.3. The van der Waals surface area contributed by atoms with Crippen molar-refractivity contribution in [2.75, 3.05) is 25.1 Å². The molecule has 3 aromatic rings. The summed E-state index contributed by atoms with van der Waals surface area (Å²) in [6.07, 6.45) is 0.473. The molecule has 1 aromatic heterocycles. The summed E-state index contributed by atoms with van der Waals surface area (Å²) in [6, 6.07) is 18.6. The quantitative estimate of drug-likeness (QED) is 0.695. The first kappa shape index (κ1) is 18.5. The van der Waals surface area contributed by atoms with Gasteiger partial charge in [0, 0.05) is 29.4 Å². The Morgan fingerprint density at radius 2 is 1.76 bits per heavy atom. The highest BCUT2D eigenvalue weighted by molar-refractivity contribution is 7.14. The Bertz CT molecular complexity index is 987. The maximum absolute atomic E-state index is 12.7. The van der Waals surface area contributed by atoms with Crippen LogP contribution in [0.2, 0.25) is 0 Å². The van der Waals surface area contributed by atoms with Crippen molar-refractivity contribution in [1.82, 2.24) is 4.98 Å². The standard InChI is InChI=1S/C23H22N2O3S/c26-22(21-19-10-11-27-12-18(19)13-28-21)25-23-24-20(14-29-23)17-8-6-16(7-9-17)15-4-2-1-3-5-15/h1-9,14,18-19,21H,10-13H2,(H,24,25,26). The number of thiazole rings is 1. The minimum Gasteiger partial charge on any atom is -0.381 e. The first-order valence-corrected chi connectivity index (χ1v) is 10.8. The van der Waals surface area contributed by atoms with Crippen LogP contribution in [-0.2, 0) is 14.3 Å². The van der Waals surface area contributed by atoms with Gasteiger partial charge in [-0.1, -0.05) is 54.6 Å². The minimum absolute atomic E-state index is 0.0975. The Kier molecular flexibility index (Phi) is 5.14. The maximum Gasteiger partial charge on any atom is 0.255 e. The molecule has 0 aliphatic carbocycles. The minimum atomic E-state index is -0.401. The molecule has 2 saturated heterocycles. The summed E-state index contributed by atoms with van der Waals surface area (Å²) in [5.74, 6) is 0.475. The summed E-state index contributed by atoms with van der Waals surface area (Å²) in [6.45, 7) is 1.99. The Hall–Kier alpha value is -2.54. The molecular weight excluding hydrogens is 384 g/mol. The number of benzene rings is 2. The predicted molar refractivity (Wildman–Crippen MR) is 114 cm³/mol. The molecule has 0 spiro atoms. The molecule has 3 atom stereocenters. The Balaban J connectivity index is 1.26. The molecule has 0 radical (unpaired) electrons. The van der Waals surface area contributed by atoms with E-state index in [2.05, 4.69) is 46.7 Å². The number of nitrogens with one attached hydrogen (secondary N) is 1. The highest BCUT2D eigenvalue weighted by Crippen LogP contribution is 2.34. The smallest absolute Gasteiger partial charge is 0.255 e. The Morgan fingerprint density at radius 1 is 1.00 bits per heavy atom. The molecule has 2 aliphatic rings. The normalized spacial score (nSPS) is 23.5. The molecule has 148 valence electrons. The summed E-state index contributed by atoms with van der Waals surface area (Å²) in [7, 11) is 0. The molecule has 1 N–H and O–H groups in total. The first-order valence-electron chi connectivity index (χ1n) is 9.89. The number of nitrogens with zero attached hydrogens (tertiary/aromatic N) is 1. The Labute approximate surface area is 173 Å². The van der Waals surface area contributed by atoms with Gasteiger partial charge in [0.2, 0.25) is 0 Å². The van der Waals surface area contributed by atoms with E-state index in [0.717, 1.165) is 17.7 Å². The van der Waals surface area contributed by atoms with Gasteiger partial charge in [0.1, 0.15) is 6.10 Å². The van der Waals surface area contributed by atoms with Gasteiger partial charge in [-0.25, -0.2) is 4.98 Å². The van der Waals surface area contributed by atoms with Gasteiger partial charge in [-0.05, 0) is 17.5 Å². The molecule has 2 aliphatic heterocycles. The number of aromatic nitrogens is 1. The third kappa shape index (κ3) is 3.83. The van der Waals surface area contributed by atoms with Gasteiger partial charge in [0.25, 0.3) is 5.91 Å². The fourth-order valence-corrected chi connectivity index (χ4v) is 4.83. The average Bonchev–Trinajstić information content (AvgIpc) is 3.42. The molecule has 1 amide bonds. The molecule has 2 aromatic carbocycles. The number of ether oxygens (including phenoxy) is 2. The zero-order valence-corrected chi connectivity index (χ0v) is 16.7. The lowest BCUT2D eigenvalue weighted by Crippen LogP contribution is -2.37. The molecular formula is C23H22N2O3S. The zero-order chi connectivity index (χ0) is 19.6. The highest BCUT2D eigenvalue weighted by atomic mass is 32.1. The molecule has 0 saturated carbocycles. The van der Waals surface area contributed by atoms with Crippen LogP contribution in [0.3, 0.4) is 0 Å². The largest absolute Gasteiger partial charge is 0.381 e. The van der Waals surface area contributed by atoms with Gasteiger partial charge >= 0.3 is 0 Å². The summed E-state index contributed by atoms with van der Waals surface area (Å²) in [5, 5.41) is 5.53. The summed E-state index contributed by atoms with van der Waals surface area (Å²) < 4.78 is 11.3. The predicted octanol–water partition coefficient (Wildman–Crippen LogP) is 4.47. The van der Waals surface area contributed by atoms with Crippen LogP contribution in [0.5, 0.6) is 0 Å². The number of hydrogen-bond acceptors (Lipinski definition) is 5. The molecule has 5 nitrogen and oxygen atoms in total. The van der Waals surface area contributed by atoms with Crippen molar-refractivity contribution < 1.29 is 14.3 Å². The summed E-state index contributed by atoms with van der Waals surface area (Å²) >= 11 is 1.44. The third-order valence-electron chi connectivity index (χ3n) is 5.69. The van der Waals surface area contributed by atoms with Crippen molar-refractivity contribution in [3.05, 3.63) is 60.0 Å². The average molecular weight is 407 g/mol. The molecule has 5 rings (SSSR count). The fraction of sp³-hybridized carbons (Fsp3) is 0.304. The molecule has 29 heavy (non-hydrogen) atoms. The van der Waals surface area contributed by atoms with Gasteiger partial charge in [-0.15, -0.1) is 11.3 Å². The van der Waals surface area contributed by atoms with Gasteiger partial charge in [0.05, 0.1) is 18.9 Å². The number of rotatable bonds is 4. The number of fused-ring (bicyclic) bond motifs is 1. The number of anilines is 1. The van der Waals surface area contributed by atoms with E-state index in [-0.39, 0.29) is 11.8 Å². The second kappa shape index (κ2) is 8.06. The molecule has 6 heteroatoms. The van der Waals surface area contributed by atoms with Crippen LogP contribution in [0.15, 0.2) is 60.0 Å². The lowest BCUT2D eigenvalue weighted by Gasteiger charge is -2.26. The van der Waals surface area contributed by atoms with Crippen molar-refractivity contribution in [2.24, 2.45) is 11.8 Å². The van der Waals surface area contributed by atoms with E-state index in [1.54, 1.807) is 0 Å². The topological polar surface area (TPSA) is 60.5 Å². The summed E-state index contributed by atoms with van der Waals surface area (Å²) in [5.41, 5.74) is 4.25. The van der Waals surface area contributed by atoms with Crippen LogP contribution in [0.25, 0.3) is 22.4 Å². The van der Waals surface area contributed by atoms with Gasteiger partial charge in [-0.2, -0.15) is 0 Å². The molecule has 3 heterocycles. The maximum atomic E-state index is 12.7. The summed E-state index contributed by atoms with van der Waals surface area (Å²) in [4.78, 5) is 17.3. The van der Waals surface area contributed by atoms with Crippen LogP contribution in [-0.4, -0.2) is 36.8 Å². The van der Waals surface area contributed by atoms with Crippen LogP contribution in [0.4, 0.5) is 5.13 Å². The number of hydrogen-bond donors (Lipinski definition) is 1. The van der Waals surface area contributed by atoms with E-state index >= 15 is 0 Å². The third-order valence-corrected chi connectivity index (χ3v) is 6.45. The van der Waals surface area contributed by atoms with E-state index in [4.69, 9.17) is 9.47 Å². The van der Waals surface area contributed by atoms with Crippen LogP contribution < -0.4 is 5.32 Å². The second-order valence-corrected chi connectivity index (χ2v) is 8.37.